The van der Waals surface area contributed by atoms with Crippen molar-refractivity contribution in [3.8, 4) is 11.5 Å². The van der Waals surface area contributed by atoms with Crippen molar-refractivity contribution in [2.75, 3.05) is 5.32 Å². The highest BCUT2D eigenvalue weighted by Gasteiger charge is 2.21. The molecule has 1 rings (SSSR count). The molecule has 0 radical (unpaired) electrons. The molecule has 0 bridgehead atoms. The van der Waals surface area contributed by atoms with E-state index in [1.807, 2.05) is 0 Å². The molecule has 0 fully saturated rings. The number of phenolic OH excluding ortho intramolecular Hbond substituents is 2. The van der Waals surface area contributed by atoms with E-state index in [0.29, 0.717) is 6.42 Å². The summed E-state index contributed by atoms with van der Waals surface area (Å²) >= 11 is 0. The number of phenols is 2. The quantitative estimate of drug-likeness (QED) is 0.0493. The fraction of sp³-hybridized carbons (Fsp3) is 0.765. The first-order valence-corrected chi connectivity index (χ1v) is 16.3. The lowest BCUT2D eigenvalue weighted by Crippen LogP contribution is -2.23. The predicted octanol–water partition coefficient (Wildman–Crippen LogP) is 10.5. The third kappa shape index (κ3) is 16.0. The van der Waals surface area contributed by atoms with Gasteiger partial charge in [-0.1, -0.05) is 136 Å². The number of benzene rings is 1. The normalized spacial score (nSPS) is 12.0. The Labute approximate surface area is 239 Å². The van der Waals surface area contributed by atoms with Gasteiger partial charge in [0.15, 0.2) is 5.78 Å². The summed E-state index contributed by atoms with van der Waals surface area (Å²) in [7, 11) is 0. The van der Waals surface area contributed by atoms with E-state index in [-0.39, 0.29) is 40.4 Å². The summed E-state index contributed by atoms with van der Waals surface area (Å²) in [6.45, 7) is 6.62. The number of hydrogen-bond donors (Lipinski definition) is 3. The molecule has 0 aromatic heterocycles. The highest BCUT2D eigenvalue weighted by atomic mass is 16.3. The lowest BCUT2D eigenvalue weighted by molar-refractivity contribution is -0.120. The number of anilines is 1. The largest absolute Gasteiger partial charge is 0.507 e. The van der Waals surface area contributed by atoms with Gasteiger partial charge in [0, 0.05) is 18.4 Å². The maximum absolute atomic E-state index is 13.2. The molecule has 0 saturated carbocycles. The molecule has 1 aromatic carbocycles. The fourth-order valence-electron chi connectivity index (χ4n) is 5.26. The van der Waals surface area contributed by atoms with Crippen LogP contribution in [0.3, 0.4) is 0 Å². The Balaban J connectivity index is 2.60. The molecule has 1 atom stereocenters. The van der Waals surface area contributed by atoms with Gasteiger partial charge in [-0.05, 0) is 25.3 Å². The van der Waals surface area contributed by atoms with Gasteiger partial charge in [0.05, 0.1) is 11.3 Å². The molecule has 0 spiro atoms. The molecule has 5 heteroatoms. The summed E-state index contributed by atoms with van der Waals surface area (Å²) in [5.74, 6) is -0.730. The highest BCUT2D eigenvalue weighted by Crippen LogP contribution is 2.33. The Kier molecular flexibility index (Phi) is 20.4. The number of hydrogen-bond acceptors (Lipinski definition) is 4. The number of nitrogens with one attached hydrogen (secondary N) is 1. The second-order valence-corrected chi connectivity index (χ2v) is 11.5. The molecular weight excluding hydrogens is 486 g/mol. The molecule has 0 aliphatic heterocycles. The summed E-state index contributed by atoms with van der Waals surface area (Å²) in [6, 6.07) is 2.64. The molecule has 0 saturated heterocycles. The Hall–Kier alpha value is -2.04. The second kappa shape index (κ2) is 22.7. The Morgan fingerprint density at radius 2 is 1.05 bits per heavy atom. The van der Waals surface area contributed by atoms with Crippen LogP contribution in [0.25, 0.3) is 0 Å². The van der Waals surface area contributed by atoms with Gasteiger partial charge in [-0.2, -0.15) is 0 Å². The van der Waals surface area contributed by atoms with Crippen molar-refractivity contribution >= 4 is 17.4 Å². The van der Waals surface area contributed by atoms with Crippen LogP contribution in [0.4, 0.5) is 5.69 Å². The molecule has 0 aliphatic carbocycles. The average Bonchev–Trinajstić information content (AvgIpc) is 2.92. The van der Waals surface area contributed by atoms with Gasteiger partial charge in [0.1, 0.15) is 11.5 Å². The third-order valence-electron chi connectivity index (χ3n) is 7.86. The SMILES string of the molecule is CCCCCCCCCCCC(=O)c1cc(O)c(NC(=O)C(CCCCCC)CCCCCCCC)cc1O. The van der Waals surface area contributed by atoms with Gasteiger partial charge in [0.25, 0.3) is 0 Å². The van der Waals surface area contributed by atoms with E-state index in [2.05, 4.69) is 26.1 Å². The molecule has 1 unspecified atom stereocenters. The lowest BCUT2D eigenvalue weighted by atomic mass is 9.93. The Morgan fingerprint density at radius 1 is 0.615 bits per heavy atom. The molecule has 1 aromatic rings. The van der Waals surface area contributed by atoms with Crippen LogP contribution in [0.2, 0.25) is 0 Å². The van der Waals surface area contributed by atoms with E-state index in [9.17, 15) is 19.8 Å². The van der Waals surface area contributed by atoms with Crippen molar-refractivity contribution < 1.29 is 19.8 Å². The average molecular weight is 546 g/mol. The van der Waals surface area contributed by atoms with Gasteiger partial charge in [0.2, 0.25) is 5.91 Å². The van der Waals surface area contributed by atoms with Crippen molar-refractivity contribution in [1.82, 2.24) is 0 Å². The monoisotopic (exact) mass is 545 g/mol. The van der Waals surface area contributed by atoms with Crippen molar-refractivity contribution in [3.63, 3.8) is 0 Å². The number of carbonyl (C=O) groups excluding carboxylic acids is 2. The first-order valence-electron chi connectivity index (χ1n) is 16.3. The van der Waals surface area contributed by atoms with Crippen molar-refractivity contribution in [1.29, 1.82) is 0 Å². The number of amides is 1. The van der Waals surface area contributed by atoms with E-state index in [1.165, 1.54) is 82.8 Å². The van der Waals surface area contributed by atoms with E-state index < -0.39 is 0 Å². The van der Waals surface area contributed by atoms with Crippen molar-refractivity contribution in [3.05, 3.63) is 17.7 Å². The van der Waals surface area contributed by atoms with Crippen LogP contribution in [0.15, 0.2) is 12.1 Å². The first kappa shape index (κ1) is 35.0. The van der Waals surface area contributed by atoms with E-state index in [0.717, 1.165) is 64.2 Å². The first-order chi connectivity index (χ1) is 18.9. The highest BCUT2D eigenvalue weighted by molar-refractivity contribution is 6.01. The number of Topliss-reactive ketones (excluding diaryl/α,β-unsaturated/α-hetero) is 1. The molecule has 39 heavy (non-hydrogen) atoms. The minimum absolute atomic E-state index is 0.108. The molecule has 0 aliphatic rings. The number of unbranched alkanes of at least 4 members (excludes halogenated alkanes) is 16. The van der Waals surface area contributed by atoms with Crippen LogP contribution in [-0.4, -0.2) is 21.9 Å². The topological polar surface area (TPSA) is 86.6 Å². The van der Waals surface area contributed by atoms with Gasteiger partial charge < -0.3 is 15.5 Å². The van der Waals surface area contributed by atoms with Gasteiger partial charge >= 0.3 is 0 Å². The predicted molar refractivity (Wildman–Crippen MR) is 165 cm³/mol. The number of ketones is 1. The maximum Gasteiger partial charge on any atom is 0.227 e. The Morgan fingerprint density at radius 3 is 1.56 bits per heavy atom. The van der Waals surface area contributed by atoms with Crippen molar-refractivity contribution in [2.45, 2.75) is 162 Å². The number of rotatable bonds is 25. The minimum Gasteiger partial charge on any atom is -0.507 e. The maximum atomic E-state index is 13.2. The molecule has 3 N–H and O–H groups in total. The number of carbonyl (C=O) groups is 2. The molecule has 1 amide bonds. The number of aromatic hydroxyl groups is 2. The van der Waals surface area contributed by atoms with Crippen LogP contribution in [0, 0.1) is 5.92 Å². The van der Waals surface area contributed by atoms with Crippen molar-refractivity contribution in [2.24, 2.45) is 5.92 Å². The van der Waals surface area contributed by atoms with Gasteiger partial charge in [-0.15, -0.1) is 0 Å². The lowest BCUT2D eigenvalue weighted by Gasteiger charge is -2.18. The summed E-state index contributed by atoms with van der Waals surface area (Å²) in [5, 5.41) is 24.0. The zero-order valence-corrected chi connectivity index (χ0v) is 25.5. The molecular formula is C34H59NO4. The third-order valence-corrected chi connectivity index (χ3v) is 7.86. The van der Waals surface area contributed by atoms with E-state index in [1.54, 1.807) is 0 Å². The summed E-state index contributed by atoms with van der Waals surface area (Å²) in [5.41, 5.74) is 0.312. The van der Waals surface area contributed by atoms with Gasteiger partial charge in [-0.3, -0.25) is 9.59 Å². The molecule has 5 nitrogen and oxygen atoms in total. The van der Waals surface area contributed by atoms with Crippen LogP contribution in [0.5, 0.6) is 11.5 Å². The zero-order valence-electron chi connectivity index (χ0n) is 25.5. The van der Waals surface area contributed by atoms with Crippen LogP contribution >= 0.6 is 0 Å². The fourth-order valence-corrected chi connectivity index (χ4v) is 5.26. The summed E-state index contributed by atoms with van der Waals surface area (Å²) < 4.78 is 0. The zero-order chi connectivity index (χ0) is 28.7. The molecule has 224 valence electrons. The smallest absolute Gasteiger partial charge is 0.227 e. The Bertz CT molecular complexity index is 792. The van der Waals surface area contributed by atoms with Gasteiger partial charge in [-0.25, -0.2) is 0 Å². The minimum atomic E-state index is -0.181. The standard InChI is InChI=1S/C34H59NO4/c1-4-7-10-13-15-16-17-19-22-25-31(36)29-26-33(38)30(27-32(29)37)35-34(39)28(23-20-12-9-6-3)24-21-18-14-11-8-5-2/h26-28,37-38H,4-25H2,1-3H3,(H,35,39). The van der Waals surface area contributed by atoms with Crippen LogP contribution < -0.4 is 5.32 Å². The van der Waals surface area contributed by atoms with E-state index in [4.69, 9.17) is 0 Å². The second-order valence-electron chi connectivity index (χ2n) is 11.5. The van der Waals surface area contributed by atoms with Crippen LogP contribution in [-0.2, 0) is 4.79 Å². The van der Waals surface area contributed by atoms with E-state index >= 15 is 0 Å². The summed E-state index contributed by atoms with van der Waals surface area (Å²) in [6.07, 6.45) is 24.2. The molecule has 0 heterocycles. The van der Waals surface area contributed by atoms with Crippen LogP contribution in [0.1, 0.15) is 172 Å². The summed E-state index contributed by atoms with van der Waals surface area (Å²) in [4.78, 5) is 25.8.